The zero-order chi connectivity index (χ0) is 18.4. The third-order valence-electron chi connectivity index (χ3n) is 4.14. The predicted octanol–water partition coefficient (Wildman–Crippen LogP) is 4.83. The maximum absolute atomic E-state index is 12.6. The molecule has 25 heavy (non-hydrogen) atoms. The minimum absolute atomic E-state index is 0.0295. The van der Waals surface area contributed by atoms with Gasteiger partial charge in [-0.25, -0.2) is 4.79 Å². The summed E-state index contributed by atoms with van der Waals surface area (Å²) in [6.45, 7) is 5.69. The second kappa shape index (κ2) is 6.19. The number of amides is 1. The minimum atomic E-state index is -0.654. The molecule has 0 unspecified atom stereocenters. The lowest BCUT2D eigenvalue weighted by atomic mass is 9.95. The number of rotatable bonds is 2. The molecule has 132 valence electrons. The number of nitrogens with zero attached hydrogens (tertiary/aromatic N) is 2. The van der Waals surface area contributed by atoms with Crippen molar-refractivity contribution in [2.24, 2.45) is 0 Å². The Bertz CT molecular complexity index is 860. The van der Waals surface area contributed by atoms with Crippen LogP contribution < -0.4 is 4.90 Å². The average Bonchev–Trinajstić information content (AvgIpc) is 2.91. The molecular formula is C18H19ClN2O4. The Morgan fingerprint density at radius 3 is 2.56 bits per heavy atom. The van der Waals surface area contributed by atoms with Crippen molar-refractivity contribution >= 4 is 39.8 Å². The number of hydrogen-bond donors (Lipinski definition) is 0. The molecule has 1 atom stereocenters. The van der Waals surface area contributed by atoms with Crippen LogP contribution in [-0.4, -0.2) is 29.0 Å². The standard InChI is InChI=1S/C18H19ClN2O4/c1-18(2,3)25-17(22)20-10-11(9-19)16-13-7-5-4-6-12(13)14(21(23)24)8-15(16)20/h4-8,11H,9-10H2,1-3H3/t11-/m0/s1. The zero-order valence-corrected chi connectivity index (χ0v) is 15.0. The van der Waals surface area contributed by atoms with Crippen LogP contribution in [0.2, 0.25) is 0 Å². The summed E-state index contributed by atoms with van der Waals surface area (Å²) in [6.07, 6.45) is -0.522. The molecule has 0 saturated heterocycles. The number of alkyl halides is 1. The van der Waals surface area contributed by atoms with Gasteiger partial charge in [0.2, 0.25) is 0 Å². The Labute approximate surface area is 150 Å². The number of fused-ring (bicyclic) bond motifs is 3. The van der Waals surface area contributed by atoms with Gasteiger partial charge in [-0.15, -0.1) is 11.6 Å². The van der Waals surface area contributed by atoms with Crippen LogP contribution in [0.1, 0.15) is 32.3 Å². The first kappa shape index (κ1) is 17.5. The van der Waals surface area contributed by atoms with E-state index in [1.165, 1.54) is 11.0 Å². The molecule has 1 heterocycles. The molecule has 6 nitrogen and oxygen atoms in total. The predicted molar refractivity (Wildman–Crippen MR) is 97.6 cm³/mol. The van der Waals surface area contributed by atoms with Crippen LogP contribution >= 0.6 is 11.6 Å². The van der Waals surface area contributed by atoms with Crippen LogP contribution in [0.5, 0.6) is 0 Å². The second-order valence-corrected chi connectivity index (χ2v) is 7.38. The van der Waals surface area contributed by atoms with Gasteiger partial charge in [0.1, 0.15) is 5.60 Å². The van der Waals surface area contributed by atoms with E-state index < -0.39 is 16.6 Å². The Balaban J connectivity index is 2.20. The summed E-state index contributed by atoms with van der Waals surface area (Å²) < 4.78 is 5.46. The second-order valence-electron chi connectivity index (χ2n) is 7.07. The fourth-order valence-electron chi connectivity index (χ4n) is 3.19. The van der Waals surface area contributed by atoms with E-state index in [4.69, 9.17) is 16.3 Å². The molecule has 3 rings (SSSR count). The van der Waals surface area contributed by atoms with Crippen LogP contribution in [0.4, 0.5) is 16.2 Å². The van der Waals surface area contributed by atoms with Crippen LogP contribution in [0.3, 0.4) is 0 Å². The lowest BCUT2D eigenvalue weighted by Crippen LogP contribution is -2.36. The van der Waals surface area contributed by atoms with E-state index in [9.17, 15) is 14.9 Å². The summed E-state index contributed by atoms with van der Waals surface area (Å²) in [4.78, 5) is 25.1. The minimum Gasteiger partial charge on any atom is -0.443 e. The molecule has 1 aliphatic heterocycles. The lowest BCUT2D eigenvalue weighted by molar-refractivity contribution is -0.383. The van der Waals surface area contributed by atoms with Crippen molar-refractivity contribution < 1.29 is 14.5 Å². The van der Waals surface area contributed by atoms with Gasteiger partial charge in [-0.1, -0.05) is 18.2 Å². The highest BCUT2D eigenvalue weighted by Crippen LogP contribution is 2.45. The van der Waals surface area contributed by atoms with Crippen LogP contribution in [0.15, 0.2) is 30.3 Å². The first-order chi connectivity index (χ1) is 11.7. The number of anilines is 1. The average molecular weight is 363 g/mol. The van der Waals surface area contributed by atoms with Crippen molar-refractivity contribution in [2.75, 3.05) is 17.3 Å². The molecule has 0 aromatic heterocycles. The molecule has 2 aromatic rings. The van der Waals surface area contributed by atoms with Crippen LogP contribution in [-0.2, 0) is 4.74 Å². The van der Waals surface area contributed by atoms with E-state index in [-0.39, 0.29) is 11.6 Å². The summed E-state index contributed by atoms with van der Waals surface area (Å²) in [6, 6.07) is 8.59. The van der Waals surface area contributed by atoms with Crippen molar-refractivity contribution in [3.63, 3.8) is 0 Å². The number of halogens is 1. The number of nitro benzene ring substituents is 1. The molecule has 0 spiro atoms. The highest BCUT2D eigenvalue weighted by atomic mass is 35.5. The molecule has 0 fully saturated rings. The first-order valence-corrected chi connectivity index (χ1v) is 8.53. The number of carbonyl (C=O) groups is 1. The number of hydrogen-bond acceptors (Lipinski definition) is 4. The van der Waals surface area contributed by atoms with Gasteiger partial charge in [0.15, 0.2) is 0 Å². The van der Waals surface area contributed by atoms with Gasteiger partial charge in [0.25, 0.3) is 5.69 Å². The molecule has 0 radical (unpaired) electrons. The summed E-state index contributed by atoms with van der Waals surface area (Å²) in [7, 11) is 0. The smallest absolute Gasteiger partial charge is 0.414 e. The normalized spacial score (nSPS) is 16.8. The topological polar surface area (TPSA) is 72.7 Å². The number of nitro groups is 1. The van der Waals surface area contributed by atoms with Gasteiger partial charge in [-0.3, -0.25) is 15.0 Å². The lowest BCUT2D eigenvalue weighted by Gasteiger charge is -2.25. The van der Waals surface area contributed by atoms with Crippen molar-refractivity contribution in [2.45, 2.75) is 32.3 Å². The Morgan fingerprint density at radius 1 is 1.36 bits per heavy atom. The van der Waals surface area contributed by atoms with Crippen molar-refractivity contribution in [3.8, 4) is 0 Å². The number of ether oxygens (including phenoxy) is 1. The van der Waals surface area contributed by atoms with Gasteiger partial charge in [0.05, 0.1) is 16.0 Å². The molecule has 0 saturated carbocycles. The Kier molecular flexibility index (Phi) is 4.33. The molecular weight excluding hydrogens is 344 g/mol. The summed E-state index contributed by atoms with van der Waals surface area (Å²) in [5.74, 6) is 0.212. The molecule has 1 aliphatic rings. The van der Waals surface area contributed by atoms with E-state index in [1.807, 2.05) is 12.1 Å². The fraction of sp³-hybridized carbons (Fsp3) is 0.389. The molecule has 0 N–H and O–H groups in total. The van der Waals surface area contributed by atoms with E-state index in [2.05, 4.69) is 0 Å². The van der Waals surface area contributed by atoms with Crippen molar-refractivity contribution in [3.05, 3.63) is 46.0 Å². The molecule has 7 heteroatoms. The van der Waals surface area contributed by atoms with Gasteiger partial charge in [-0.2, -0.15) is 0 Å². The molecule has 0 bridgehead atoms. The summed E-state index contributed by atoms with van der Waals surface area (Å²) in [5, 5.41) is 12.8. The van der Waals surface area contributed by atoms with Crippen LogP contribution in [0, 0.1) is 10.1 Å². The third kappa shape index (κ3) is 3.14. The summed E-state index contributed by atoms with van der Waals surface area (Å²) in [5.41, 5.74) is 0.685. The quantitative estimate of drug-likeness (QED) is 0.436. The van der Waals surface area contributed by atoms with E-state index in [0.717, 1.165) is 10.9 Å². The van der Waals surface area contributed by atoms with Crippen LogP contribution in [0.25, 0.3) is 10.8 Å². The largest absolute Gasteiger partial charge is 0.443 e. The number of carbonyl (C=O) groups excluding carboxylic acids is 1. The number of non-ortho nitro benzene ring substituents is 1. The van der Waals surface area contributed by atoms with E-state index in [1.54, 1.807) is 32.9 Å². The number of benzene rings is 2. The van der Waals surface area contributed by atoms with E-state index >= 15 is 0 Å². The maximum atomic E-state index is 12.6. The van der Waals surface area contributed by atoms with Crippen molar-refractivity contribution in [1.29, 1.82) is 0 Å². The molecule has 0 aliphatic carbocycles. The van der Waals surface area contributed by atoms with Gasteiger partial charge < -0.3 is 4.74 Å². The highest BCUT2D eigenvalue weighted by Gasteiger charge is 2.37. The third-order valence-corrected chi connectivity index (χ3v) is 4.51. The Morgan fingerprint density at radius 2 is 2.00 bits per heavy atom. The van der Waals surface area contributed by atoms with Gasteiger partial charge >= 0.3 is 6.09 Å². The van der Waals surface area contributed by atoms with Gasteiger partial charge in [0, 0.05) is 24.4 Å². The maximum Gasteiger partial charge on any atom is 0.414 e. The summed E-state index contributed by atoms with van der Waals surface area (Å²) >= 11 is 6.13. The Hall–Kier alpha value is -2.34. The highest BCUT2D eigenvalue weighted by molar-refractivity contribution is 6.19. The monoisotopic (exact) mass is 362 g/mol. The fourth-order valence-corrected chi connectivity index (χ4v) is 3.45. The SMILES string of the molecule is CC(C)(C)OC(=O)N1C[C@H](CCl)c2c1cc([N+](=O)[O-])c1ccccc21. The van der Waals surface area contributed by atoms with Gasteiger partial charge in [-0.05, 0) is 37.8 Å². The molecule has 2 aromatic carbocycles. The zero-order valence-electron chi connectivity index (χ0n) is 14.3. The molecule has 1 amide bonds. The van der Waals surface area contributed by atoms with E-state index in [0.29, 0.717) is 23.5 Å². The van der Waals surface area contributed by atoms with Crippen molar-refractivity contribution in [1.82, 2.24) is 0 Å². The first-order valence-electron chi connectivity index (χ1n) is 7.99.